The van der Waals surface area contributed by atoms with Crippen molar-refractivity contribution in [1.29, 1.82) is 0 Å². The topological polar surface area (TPSA) is 13.1 Å². The normalized spacial score (nSPS) is 13.8. The van der Waals surface area contributed by atoms with Crippen LogP contribution in [-0.4, -0.2) is 9.13 Å². The first kappa shape index (κ1) is 41.6. The van der Waals surface area contributed by atoms with E-state index in [2.05, 4.69) is 289 Å². The maximum atomic E-state index is 2.48. The minimum Gasteiger partial charge on any atom is -0.310 e. The molecule has 0 atom stereocenters. The van der Waals surface area contributed by atoms with Gasteiger partial charge in [0.1, 0.15) is 0 Å². The quantitative estimate of drug-likeness (QED) is 0.155. The zero-order valence-electron chi connectivity index (χ0n) is 40.7. The first-order valence-corrected chi connectivity index (χ1v) is 25.5. The fourth-order valence-electron chi connectivity index (χ4n) is 13.2. The lowest BCUT2D eigenvalue weighted by atomic mass is 9.67. The van der Waals surface area contributed by atoms with Gasteiger partial charge >= 0.3 is 0 Å². The van der Waals surface area contributed by atoms with E-state index in [-0.39, 0.29) is 5.41 Å². The van der Waals surface area contributed by atoms with Crippen LogP contribution in [0, 0.1) is 0 Å². The van der Waals surface area contributed by atoms with Gasteiger partial charge in [-0.05, 0) is 129 Å². The molecule has 3 heteroatoms. The SMILES string of the molecule is CC1(C)c2cc(N(c3ccccc3)c3cccc(C4(c5ccc6c7ccccc7n(-c7ccccc7)c6c5)c5ccccc5-c5ccccc54)c3)ccc2-c2c1ccc1c3ccccc3n(-c3ccccc3)c21. The Morgan fingerprint density at radius 3 is 1.53 bits per heavy atom. The van der Waals surface area contributed by atoms with Crippen LogP contribution >= 0.6 is 0 Å². The predicted molar refractivity (Wildman–Crippen MR) is 305 cm³/mol. The Kier molecular flexibility index (Phi) is 8.92. The molecule has 3 nitrogen and oxygen atoms in total. The van der Waals surface area contributed by atoms with Gasteiger partial charge in [-0.15, -0.1) is 0 Å². The molecule has 13 aromatic rings. The van der Waals surface area contributed by atoms with Crippen molar-refractivity contribution in [3.8, 4) is 33.6 Å². The number of benzene rings is 11. The van der Waals surface area contributed by atoms with Crippen molar-refractivity contribution in [2.45, 2.75) is 24.7 Å². The Balaban J connectivity index is 0.957. The minimum absolute atomic E-state index is 0.265. The Hall–Kier alpha value is -9.18. The van der Waals surface area contributed by atoms with E-state index in [4.69, 9.17) is 0 Å². The molecule has 0 unspecified atom stereocenters. The summed E-state index contributed by atoms with van der Waals surface area (Å²) in [6.45, 7) is 4.81. The maximum absolute atomic E-state index is 2.48. The summed E-state index contributed by atoms with van der Waals surface area (Å²) in [5.74, 6) is 0. The Bertz CT molecular complexity index is 4300. The zero-order valence-corrected chi connectivity index (χ0v) is 40.7. The number of nitrogens with zero attached hydrogens (tertiary/aromatic N) is 3. The van der Waals surface area contributed by atoms with Crippen LogP contribution in [0.5, 0.6) is 0 Å². The number of fused-ring (bicyclic) bond motifs is 13. The molecule has 0 bridgehead atoms. The Labute approximate surface area is 425 Å². The molecular weight excluding hydrogens is 883 g/mol. The second kappa shape index (κ2) is 15.7. The molecule has 0 aliphatic heterocycles. The van der Waals surface area contributed by atoms with Crippen LogP contribution in [0.4, 0.5) is 17.1 Å². The standard InChI is InChI=1S/C70H49N3/c1-69(2)62-42-41-58-56-32-15-19-36-65(56)73(50-26-10-5-11-27-50)68(58)67(62)59-40-38-52(45-63(59)69)71(48-22-6-3-7-23-48)51-28-20-21-46(43-51)70(60-33-16-12-29-53(60)54-30-13-17-34-61(54)70)47-37-39-57-55-31-14-18-35-64(55)72(66(57)44-47)49-24-8-4-9-25-49/h3-45H,1-2H3. The molecule has 15 rings (SSSR count). The van der Waals surface area contributed by atoms with Gasteiger partial charge in [0.2, 0.25) is 0 Å². The lowest BCUT2D eigenvalue weighted by molar-refractivity contribution is 0.661. The van der Waals surface area contributed by atoms with Gasteiger partial charge in [0, 0.05) is 61.0 Å². The van der Waals surface area contributed by atoms with Crippen molar-refractivity contribution in [2.75, 3.05) is 4.90 Å². The van der Waals surface area contributed by atoms with Crippen molar-refractivity contribution >= 4 is 60.7 Å². The van der Waals surface area contributed by atoms with E-state index in [0.29, 0.717) is 0 Å². The summed E-state index contributed by atoms with van der Waals surface area (Å²) in [4.78, 5) is 2.47. The van der Waals surface area contributed by atoms with Crippen LogP contribution in [-0.2, 0) is 10.8 Å². The highest BCUT2D eigenvalue weighted by atomic mass is 15.1. The average molecular weight is 932 g/mol. The third-order valence-electron chi connectivity index (χ3n) is 16.4. The van der Waals surface area contributed by atoms with E-state index in [0.717, 1.165) is 22.7 Å². The van der Waals surface area contributed by atoms with Gasteiger partial charge in [0.15, 0.2) is 0 Å². The number of rotatable bonds is 7. The lowest BCUT2D eigenvalue weighted by Gasteiger charge is -2.35. The molecule has 0 radical (unpaired) electrons. The van der Waals surface area contributed by atoms with E-state index in [1.54, 1.807) is 0 Å². The van der Waals surface area contributed by atoms with Gasteiger partial charge in [-0.3, -0.25) is 0 Å². The maximum Gasteiger partial charge on any atom is 0.0715 e. The fraction of sp³-hybridized carbons (Fsp3) is 0.0571. The van der Waals surface area contributed by atoms with Crippen LogP contribution in [0.25, 0.3) is 77.2 Å². The molecule has 344 valence electrons. The summed E-state index contributed by atoms with van der Waals surface area (Å²) in [5, 5.41) is 5.04. The van der Waals surface area contributed by atoms with Gasteiger partial charge in [-0.2, -0.15) is 0 Å². The van der Waals surface area contributed by atoms with Gasteiger partial charge in [0.05, 0.1) is 27.5 Å². The monoisotopic (exact) mass is 931 g/mol. The summed E-state index contributed by atoms with van der Waals surface area (Å²) in [6, 6.07) is 97.1. The number of anilines is 3. The van der Waals surface area contributed by atoms with Gasteiger partial charge < -0.3 is 14.0 Å². The second-order valence-electron chi connectivity index (χ2n) is 20.4. The molecule has 11 aromatic carbocycles. The van der Waals surface area contributed by atoms with E-state index < -0.39 is 5.41 Å². The number of para-hydroxylation sites is 5. The van der Waals surface area contributed by atoms with Crippen molar-refractivity contribution in [2.24, 2.45) is 0 Å². The van der Waals surface area contributed by atoms with Crippen molar-refractivity contribution < 1.29 is 0 Å². The molecule has 0 amide bonds. The third kappa shape index (κ3) is 5.82. The number of hydrogen-bond acceptors (Lipinski definition) is 1. The van der Waals surface area contributed by atoms with Crippen molar-refractivity contribution in [3.05, 3.63) is 294 Å². The van der Waals surface area contributed by atoms with Crippen LogP contribution in [0.15, 0.2) is 261 Å². The van der Waals surface area contributed by atoms with Crippen LogP contribution in [0.2, 0.25) is 0 Å². The molecule has 0 fully saturated rings. The van der Waals surface area contributed by atoms with Crippen molar-refractivity contribution in [3.63, 3.8) is 0 Å². The first-order valence-electron chi connectivity index (χ1n) is 25.5. The highest BCUT2D eigenvalue weighted by molar-refractivity contribution is 6.16. The molecule has 2 aliphatic carbocycles. The Morgan fingerprint density at radius 2 is 0.836 bits per heavy atom. The molecule has 0 saturated heterocycles. The summed E-state index contributed by atoms with van der Waals surface area (Å²) in [6.07, 6.45) is 0. The summed E-state index contributed by atoms with van der Waals surface area (Å²) in [5.41, 5.74) is 22.5. The molecule has 2 aliphatic rings. The van der Waals surface area contributed by atoms with Crippen LogP contribution in [0.1, 0.15) is 47.2 Å². The van der Waals surface area contributed by atoms with Crippen molar-refractivity contribution in [1.82, 2.24) is 9.13 Å². The molecule has 2 heterocycles. The summed E-state index contributed by atoms with van der Waals surface area (Å²) < 4.78 is 4.93. The molecule has 0 spiro atoms. The van der Waals surface area contributed by atoms with Gasteiger partial charge in [0.25, 0.3) is 0 Å². The predicted octanol–water partition coefficient (Wildman–Crippen LogP) is 18.0. The molecule has 73 heavy (non-hydrogen) atoms. The first-order chi connectivity index (χ1) is 36.0. The van der Waals surface area contributed by atoms with E-state index >= 15 is 0 Å². The molecule has 0 N–H and O–H groups in total. The van der Waals surface area contributed by atoms with Gasteiger partial charge in [-0.1, -0.05) is 196 Å². The molecule has 0 saturated carbocycles. The summed E-state index contributed by atoms with van der Waals surface area (Å²) in [7, 11) is 0. The largest absolute Gasteiger partial charge is 0.310 e. The minimum atomic E-state index is -0.637. The molecular formula is C70H49N3. The number of aromatic nitrogens is 2. The van der Waals surface area contributed by atoms with Crippen LogP contribution < -0.4 is 4.90 Å². The highest BCUT2D eigenvalue weighted by Gasteiger charge is 2.47. The average Bonchev–Trinajstić information content (AvgIpc) is 4.14. The number of hydrogen-bond donors (Lipinski definition) is 0. The van der Waals surface area contributed by atoms with E-state index in [1.807, 2.05) is 0 Å². The van der Waals surface area contributed by atoms with E-state index in [9.17, 15) is 0 Å². The fourth-order valence-corrected chi connectivity index (χ4v) is 13.2. The Morgan fingerprint density at radius 1 is 0.315 bits per heavy atom. The van der Waals surface area contributed by atoms with Crippen LogP contribution in [0.3, 0.4) is 0 Å². The summed E-state index contributed by atoms with van der Waals surface area (Å²) >= 11 is 0. The highest BCUT2D eigenvalue weighted by Crippen LogP contribution is 2.58. The van der Waals surface area contributed by atoms with Gasteiger partial charge in [-0.25, -0.2) is 0 Å². The lowest BCUT2D eigenvalue weighted by Crippen LogP contribution is -2.29. The third-order valence-corrected chi connectivity index (χ3v) is 16.4. The smallest absolute Gasteiger partial charge is 0.0715 e. The molecule has 2 aromatic heterocycles. The second-order valence-corrected chi connectivity index (χ2v) is 20.4. The zero-order chi connectivity index (χ0) is 48.4. The van der Waals surface area contributed by atoms with E-state index in [1.165, 1.54) is 105 Å².